The minimum absolute atomic E-state index is 0.460. The molecule has 0 aliphatic heterocycles. The molecule has 0 aliphatic rings. The monoisotopic (exact) mass is 220 g/mol. The van der Waals surface area contributed by atoms with Gasteiger partial charge < -0.3 is 15.2 Å². The summed E-state index contributed by atoms with van der Waals surface area (Å²) in [6.45, 7) is 0. The van der Waals surface area contributed by atoms with Crippen LogP contribution < -0.4 is 15.2 Å². The predicted molar refractivity (Wildman–Crippen MR) is 57.1 cm³/mol. The lowest BCUT2D eigenvalue weighted by Crippen LogP contribution is -2.20. The minimum atomic E-state index is -0.972. The number of hydrogen-bond donors (Lipinski definition) is 1. The lowest BCUT2D eigenvalue weighted by molar-refractivity contribution is -0.118. The molecule has 2 N–H and O–H groups in total. The zero-order valence-corrected chi connectivity index (χ0v) is 9.06. The molecule has 1 aromatic carbocycles. The third kappa shape index (κ3) is 2.23. The van der Waals surface area contributed by atoms with Gasteiger partial charge in [0, 0.05) is 0 Å². The summed E-state index contributed by atoms with van der Waals surface area (Å²) < 4.78 is 10.1. The van der Waals surface area contributed by atoms with Gasteiger partial charge in [-0.3, -0.25) is 4.79 Å². The van der Waals surface area contributed by atoms with Gasteiger partial charge in [0.05, 0.1) is 20.3 Å². The zero-order chi connectivity index (χ0) is 12.1. The molecular weight excluding hydrogens is 208 g/mol. The van der Waals surface area contributed by atoms with Gasteiger partial charge in [0.15, 0.2) is 11.5 Å². The van der Waals surface area contributed by atoms with E-state index >= 15 is 0 Å². The maximum absolute atomic E-state index is 11.0. The number of amides is 1. The van der Waals surface area contributed by atoms with Crippen LogP contribution in [0.2, 0.25) is 0 Å². The Balaban J connectivity index is 3.17. The van der Waals surface area contributed by atoms with Gasteiger partial charge >= 0.3 is 0 Å². The number of carbonyl (C=O) groups is 1. The quantitative estimate of drug-likeness (QED) is 0.813. The molecule has 0 saturated heterocycles. The van der Waals surface area contributed by atoms with E-state index in [9.17, 15) is 4.79 Å². The van der Waals surface area contributed by atoms with Crippen molar-refractivity contribution in [2.24, 2.45) is 5.73 Å². The summed E-state index contributed by atoms with van der Waals surface area (Å²) in [4.78, 5) is 11.0. The molecular formula is C11H12N2O3. The van der Waals surface area contributed by atoms with Gasteiger partial charge in [-0.15, -0.1) is 0 Å². The van der Waals surface area contributed by atoms with Crippen LogP contribution in [-0.2, 0) is 4.79 Å². The molecule has 0 bridgehead atoms. The number of nitriles is 1. The highest BCUT2D eigenvalue weighted by atomic mass is 16.5. The molecule has 5 heteroatoms. The first kappa shape index (κ1) is 11.9. The fourth-order valence-electron chi connectivity index (χ4n) is 1.33. The first-order valence-electron chi connectivity index (χ1n) is 4.55. The summed E-state index contributed by atoms with van der Waals surface area (Å²) >= 11 is 0. The summed E-state index contributed by atoms with van der Waals surface area (Å²) in [5.74, 6) is -0.663. The van der Waals surface area contributed by atoms with Crippen LogP contribution in [-0.4, -0.2) is 20.1 Å². The van der Waals surface area contributed by atoms with Crippen molar-refractivity contribution in [1.29, 1.82) is 5.26 Å². The number of methoxy groups -OCH3 is 2. The summed E-state index contributed by atoms with van der Waals surface area (Å²) in [7, 11) is 2.99. The Kier molecular flexibility index (Phi) is 3.72. The Morgan fingerprint density at radius 2 is 2.00 bits per heavy atom. The molecule has 1 amide bonds. The van der Waals surface area contributed by atoms with E-state index in [1.807, 2.05) is 6.07 Å². The van der Waals surface area contributed by atoms with Crippen LogP contribution in [0.15, 0.2) is 18.2 Å². The van der Waals surface area contributed by atoms with E-state index in [4.69, 9.17) is 20.5 Å². The highest BCUT2D eigenvalue weighted by Crippen LogP contribution is 2.30. The van der Waals surface area contributed by atoms with Crippen LogP contribution in [0.1, 0.15) is 11.5 Å². The maximum Gasteiger partial charge on any atom is 0.239 e. The van der Waals surface area contributed by atoms with E-state index in [0.29, 0.717) is 17.1 Å². The van der Waals surface area contributed by atoms with Gasteiger partial charge in [-0.1, -0.05) is 6.07 Å². The Morgan fingerprint density at radius 3 is 2.44 bits per heavy atom. The fourth-order valence-corrected chi connectivity index (χ4v) is 1.33. The fraction of sp³-hybridized carbons (Fsp3) is 0.273. The van der Waals surface area contributed by atoms with Gasteiger partial charge in [0.2, 0.25) is 5.91 Å². The van der Waals surface area contributed by atoms with E-state index in [1.165, 1.54) is 14.2 Å². The number of hydrogen-bond acceptors (Lipinski definition) is 4. The largest absolute Gasteiger partial charge is 0.493 e. The molecule has 16 heavy (non-hydrogen) atoms. The average molecular weight is 220 g/mol. The lowest BCUT2D eigenvalue weighted by atomic mass is 10.00. The molecule has 1 rings (SSSR count). The smallest absolute Gasteiger partial charge is 0.239 e. The average Bonchev–Trinajstić information content (AvgIpc) is 2.29. The molecule has 0 radical (unpaired) electrons. The van der Waals surface area contributed by atoms with Gasteiger partial charge in [-0.05, 0) is 17.7 Å². The number of benzene rings is 1. The number of primary amides is 1. The number of ether oxygens (including phenoxy) is 2. The van der Waals surface area contributed by atoms with E-state index in [-0.39, 0.29) is 0 Å². The lowest BCUT2D eigenvalue weighted by Gasteiger charge is -2.10. The van der Waals surface area contributed by atoms with Crippen LogP contribution in [0.3, 0.4) is 0 Å². The summed E-state index contributed by atoms with van der Waals surface area (Å²) in [5.41, 5.74) is 5.60. The summed E-state index contributed by atoms with van der Waals surface area (Å²) in [6.07, 6.45) is 0. The second-order valence-electron chi connectivity index (χ2n) is 3.08. The molecule has 0 unspecified atom stereocenters. The zero-order valence-electron chi connectivity index (χ0n) is 9.06. The van der Waals surface area contributed by atoms with Gasteiger partial charge in [-0.25, -0.2) is 0 Å². The van der Waals surface area contributed by atoms with E-state index in [0.717, 1.165) is 0 Å². The first-order valence-corrected chi connectivity index (χ1v) is 4.55. The maximum atomic E-state index is 11.0. The van der Waals surface area contributed by atoms with Crippen LogP contribution in [0.25, 0.3) is 0 Å². The van der Waals surface area contributed by atoms with Crippen molar-refractivity contribution in [3.8, 4) is 17.6 Å². The molecule has 0 heterocycles. The van der Waals surface area contributed by atoms with Crippen LogP contribution in [0.5, 0.6) is 11.5 Å². The topological polar surface area (TPSA) is 85.3 Å². The van der Waals surface area contributed by atoms with Crippen molar-refractivity contribution in [1.82, 2.24) is 0 Å². The highest BCUT2D eigenvalue weighted by Gasteiger charge is 2.18. The molecule has 5 nitrogen and oxygen atoms in total. The van der Waals surface area contributed by atoms with Crippen molar-refractivity contribution in [2.45, 2.75) is 5.92 Å². The third-order valence-electron chi connectivity index (χ3n) is 2.15. The van der Waals surface area contributed by atoms with Crippen molar-refractivity contribution >= 4 is 5.91 Å². The van der Waals surface area contributed by atoms with Gasteiger partial charge in [0.1, 0.15) is 5.92 Å². The summed E-state index contributed by atoms with van der Waals surface area (Å²) in [6, 6.07) is 6.64. The number of nitrogens with zero attached hydrogens (tertiary/aromatic N) is 1. The van der Waals surface area contributed by atoms with Crippen molar-refractivity contribution in [2.75, 3.05) is 14.2 Å². The Bertz CT molecular complexity index is 437. The van der Waals surface area contributed by atoms with Crippen LogP contribution in [0.4, 0.5) is 0 Å². The number of rotatable bonds is 4. The van der Waals surface area contributed by atoms with Gasteiger partial charge in [-0.2, -0.15) is 5.26 Å². The molecule has 1 atom stereocenters. The number of nitrogens with two attached hydrogens (primary N) is 1. The second-order valence-corrected chi connectivity index (χ2v) is 3.08. The predicted octanol–water partition coefficient (Wildman–Crippen LogP) is 0.796. The second kappa shape index (κ2) is 5.03. The molecule has 0 aliphatic carbocycles. The molecule has 1 aromatic rings. The standard InChI is InChI=1S/C11H12N2O3/c1-15-9-4-3-7(5-10(9)16-2)8(6-12)11(13)14/h3-5,8H,1-2H3,(H2,13,14)/t8-/m0/s1. The molecule has 0 fully saturated rings. The van der Waals surface area contributed by atoms with E-state index < -0.39 is 11.8 Å². The Labute approximate surface area is 93.4 Å². The molecule has 0 saturated carbocycles. The van der Waals surface area contributed by atoms with Crippen molar-refractivity contribution < 1.29 is 14.3 Å². The third-order valence-corrected chi connectivity index (χ3v) is 2.15. The molecule has 84 valence electrons. The van der Waals surface area contributed by atoms with Crippen LogP contribution in [0, 0.1) is 11.3 Å². The minimum Gasteiger partial charge on any atom is -0.493 e. The van der Waals surface area contributed by atoms with E-state index in [1.54, 1.807) is 18.2 Å². The Morgan fingerprint density at radius 1 is 1.38 bits per heavy atom. The molecule has 0 spiro atoms. The normalized spacial score (nSPS) is 11.3. The van der Waals surface area contributed by atoms with Crippen molar-refractivity contribution in [3.63, 3.8) is 0 Å². The molecule has 0 aromatic heterocycles. The first-order chi connectivity index (χ1) is 7.63. The van der Waals surface area contributed by atoms with Crippen LogP contribution >= 0.6 is 0 Å². The SMILES string of the molecule is COc1ccc([C@H](C#N)C(N)=O)cc1OC. The van der Waals surface area contributed by atoms with Gasteiger partial charge in [0.25, 0.3) is 0 Å². The highest BCUT2D eigenvalue weighted by molar-refractivity contribution is 5.85. The van der Waals surface area contributed by atoms with E-state index in [2.05, 4.69) is 0 Å². The Hall–Kier alpha value is -2.22. The van der Waals surface area contributed by atoms with Crippen molar-refractivity contribution in [3.05, 3.63) is 23.8 Å². The number of carbonyl (C=O) groups excluding carboxylic acids is 1. The summed E-state index contributed by atoms with van der Waals surface area (Å²) in [5, 5.41) is 8.82.